The van der Waals surface area contributed by atoms with Crippen LogP contribution in [0.25, 0.3) is 0 Å². The van der Waals surface area contributed by atoms with Crippen molar-refractivity contribution in [2.24, 2.45) is 5.92 Å². The first-order chi connectivity index (χ1) is 4.81. The molecular formula is C9H21B. The average Bonchev–Trinajstić information content (AvgIpc) is 1.97. The standard InChI is InChI=1S/C9H21B/c1-3-4-6-9(2)7-5-8-10/h9H,3-8,10H2,1-2H3. The summed E-state index contributed by atoms with van der Waals surface area (Å²) in [4.78, 5) is 0. The maximum atomic E-state index is 2.38. The quantitative estimate of drug-likeness (QED) is 0.497. The Bertz CT molecular complexity index is 53.7. The summed E-state index contributed by atoms with van der Waals surface area (Å²) in [6.07, 6.45) is 8.44. The van der Waals surface area contributed by atoms with Crippen molar-refractivity contribution >= 4 is 7.85 Å². The lowest BCUT2D eigenvalue weighted by molar-refractivity contribution is 0.466. The molecule has 0 saturated carbocycles. The molecule has 0 aromatic carbocycles. The number of hydrogen-bond donors (Lipinski definition) is 0. The van der Waals surface area contributed by atoms with E-state index in [0.717, 1.165) is 5.92 Å². The van der Waals surface area contributed by atoms with Crippen molar-refractivity contribution < 1.29 is 0 Å². The Morgan fingerprint density at radius 2 is 1.80 bits per heavy atom. The summed E-state index contributed by atoms with van der Waals surface area (Å²) in [5.41, 5.74) is 0. The zero-order valence-electron chi connectivity index (χ0n) is 7.82. The smallest absolute Gasteiger partial charge is 0.0810 e. The molecule has 1 atom stereocenters. The first-order valence-electron chi connectivity index (χ1n) is 4.81. The van der Waals surface area contributed by atoms with Crippen molar-refractivity contribution in [2.75, 3.05) is 0 Å². The summed E-state index contributed by atoms with van der Waals surface area (Å²) in [6.45, 7) is 4.65. The third-order valence-electron chi connectivity index (χ3n) is 2.10. The van der Waals surface area contributed by atoms with Gasteiger partial charge in [-0.2, -0.15) is 0 Å². The summed E-state index contributed by atoms with van der Waals surface area (Å²) in [7, 11) is 2.27. The molecule has 0 aliphatic carbocycles. The van der Waals surface area contributed by atoms with E-state index in [1.165, 1.54) is 38.4 Å². The van der Waals surface area contributed by atoms with Crippen LogP contribution in [0.5, 0.6) is 0 Å². The molecule has 0 heterocycles. The molecule has 0 N–H and O–H groups in total. The molecule has 0 radical (unpaired) electrons. The topological polar surface area (TPSA) is 0 Å². The molecule has 0 aromatic rings. The normalized spacial score (nSPS) is 13.4. The Balaban J connectivity index is 3.00. The van der Waals surface area contributed by atoms with Crippen LogP contribution in [0.4, 0.5) is 0 Å². The van der Waals surface area contributed by atoms with Gasteiger partial charge in [-0.05, 0) is 5.92 Å². The van der Waals surface area contributed by atoms with E-state index in [4.69, 9.17) is 0 Å². The Kier molecular flexibility index (Phi) is 7.22. The van der Waals surface area contributed by atoms with Gasteiger partial charge in [-0.3, -0.25) is 0 Å². The summed E-state index contributed by atoms with van der Waals surface area (Å²) in [5.74, 6) is 0.972. The highest BCUT2D eigenvalue weighted by Crippen LogP contribution is 2.14. The summed E-state index contributed by atoms with van der Waals surface area (Å²) >= 11 is 0. The minimum absolute atomic E-state index is 0.972. The van der Waals surface area contributed by atoms with Crippen LogP contribution in [-0.4, -0.2) is 7.85 Å². The van der Waals surface area contributed by atoms with Gasteiger partial charge in [0, 0.05) is 0 Å². The minimum atomic E-state index is 0.972. The van der Waals surface area contributed by atoms with Gasteiger partial charge in [0.2, 0.25) is 0 Å². The van der Waals surface area contributed by atoms with Crippen LogP contribution in [0.1, 0.15) is 46.0 Å². The molecule has 0 spiro atoms. The fraction of sp³-hybridized carbons (Fsp3) is 1.00. The molecule has 0 saturated heterocycles. The molecule has 0 aliphatic heterocycles. The van der Waals surface area contributed by atoms with E-state index in [9.17, 15) is 0 Å². The van der Waals surface area contributed by atoms with Gasteiger partial charge in [-0.25, -0.2) is 0 Å². The van der Waals surface area contributed by atoms with Gasteiger partial charge >= 0.3 is 0 Å². The van der Waals surface area contributed by atoms with Crippen LogP contribution in [0, 0.1) is 5.92 Å². The molecule has 60 valence electrons. The third kappa shape index (κ3) is 6.19. The van der Waals surface area contributed by atoms with Gasteiger partial charge < -0.3 is 0 Å². The van der Waals surface area contributed by atoms with E-state index >= 15 is 0 Å². The van der Waals surface area contributed by atoms with Gasteiger partial charge in [0.25, 0.3) is 0 Å². The predicted octanol–water partition coefficient (Wildman–Crippen LogP) is 2.64. The van der Waals surface area contributed by atoms with Gasteiger partial charge in [0.05, 0.1) is 0 Å². The van der Waals surface area contributed by atoms with Crippen LogP contribution in [0.15, 0.2) is 0 Å². The van der Waals surface area contributed by atoms with Gasteiger partial charge in [-0.1, -0.05) is 52.3 Å². The van der Waals surface area contributed by atoms with Crippen molar-refractivity contribution in [3.05, 3.63) is 0 Å². The molecule has 1 unspecified atom stereocenters. The summed E-state index contributed by atoms with van der Waals surface area (Å²) in [6, 6.07) is 0. The molecule has 0 amide bonds. The number of unbranched alkanes of at least 4 members (excludes halogenated alkanes) is 1. The first-order valence-corrected chi connectivity index (χ1v) is 4.81. The van der Waals surface area contributed by atoms with Crippen LogP contribution in [-0.2, 0) is 0 Å². The Hall–Kier alpha value is 0.0649. The molecule has 0 nitrogen and oxygen atoms in total. The molecular weight excluding hydrogens is 119 g/mol. The van der Waals surface area contributed by atoms with E-state index in [2.05, 4.69) is 21.7 Å². The van der Waals surface area contributed by atoms with Crippen molar-refractivity contribution in [3.63, 3.8) is 0 Å². The molecule has 0 fully saturated rings. The lowest BCUT2D eigenvalue weighted by Crippen LogP contribution is -1.93. The molecule has 0 aromatic heterocycles. The minimum Gasteiger partial charge on any atom is -0.0810 e. The number of rotatable bonds is 6. The molecule has 0 aliphatic rings. The Morgan fingerprint density at radius 3 is 2.30 bits per heavy atom. The van der Waals surface area contributed by atoms with E-state index < -0.39 is 0 Å². The highest BCUT2D eigenvalue weighted by Gasteiger charge is 1.98. The molecule has 0 bridgehead atoms. The Labute approximate surface area is 66.8 Å². The second-order valence-electron chi connectivity index (χ2n) is 3.39. The number of hydrogen-bond acceptors (Lipinski definition) is 0. The van der Waals surface area contributed by atoms with E-state index in [1.54, 1.807) is 0 Å². The lowest BCUT2D eigenvalue weighted by atomic mass is 9.93. The highest BCUT2D eigenvalue weighted by atomic mass is 14.0. The van der Waals surface area contributed by atoms with E-state index in [1.807, 2.05) is 0 Å². The molecule has 10 heavy (non-hydrogen) atoms. The van der Waals surface area contributed by atoms with Gasteiger partial charge in [0.15, 0.2) is 0 Å². The highest BCUT2D eigenvalue weighted by molar-refractivity contribution is 6.08. The maximum absolute atomic E-state index is 2.38. The zero-order chi connectivity index (χ0) is 7.82. The largest absolute Gasteiger partial charge is 0.101 e. The first kappa shape index (κ1) is 10.1. The maximum Gasteiger partial charge on any atom is 0.101 e. The fourth-order valence-corrected chi connectivity index (χ4v) is 1.25. The van der Waals surface area contributed by atoms with Gasteiger partial charge in [0.1, 0.15) is 7.85 Å². The van der Waals surface area contributed by atoms with Crippen molar-refractivity contribution in [2.45, 2.75) is 52.3 Å². The summed E-state index contributed by atoms with van der Waals surface area (Å²) in [5, 5.41) is 0. The monoisotopic (exact) mass is 140 g/mol. The van der Waals surface area contributed by atoms with E-state index in [0.29, 0.717) is 0 Å². The summed E-state index contributed by atoms with van der Waals surface area (Å²) < 4.78 is 0. The molecule has 1 heteroatoms. The fourth-order valence-electron chi connectivity index (χ4n) is 1.25. The van der Waals surface area contributed by atoms with Crippen molar-refractivity contribution in [1.29, 1.82) is 0 Å². The SMILES string of the molecule is BCCCC(C)CCCC. The third-order valence-corrected chi connectivity index (χ3v) is 2.10. The van der Waals surface area contributed by atoms with Crippen LogP contribution < -0.4 is 0 Å². The van der Waals surface area contributed by atoms with Crippen LogP contribution >= 0.6 is 0 Å². The average molecular weight is 140 g/mol. The lowest BCUT2D eigenvalue weighted by Gasteiger charge is -2.08. The second-order valence-corrected chi connectivity index (χ2v) is 3.39. The van der Waals surface area contributed by atoms with Crippen LogP contribution in [0.3, 0.4) is 0 Å². The zero-order valence-corrected chi connectivity index (χ0v) is 7.82. The second kappa shape index (κ2) is 7.18. The van der Waals surface area contributed by atoms with Gasteiger partial charge in [-0.15, -0.1) is 0 Å². The Morgan fingerprint density at radius 1 is 1.20 bits per heavy atom. The predicted molar refractivity (Wildman–Crippen MR) is 51.3 cm³/mol. The van der Waals surface area contributed by atoms with Crippen molar-refractivity contribution in [3.8, 4) is 0 Å². The van der Waals surface area contributed by atoms with E-state index in [-0.39, 0.29) is 0 Å². The van der Waals surface area contributed by atoms with Crippen molar-refractivity contribution in [1.82, 2.24) is 0 Å². The van der Waals surface area contributed by atoms with Crippen LogP contribution in [0.2, 0.25) is 6.32 Å². The molecule has 0 rings (SSSR count).